The lowest BCUT2D eigenvalue weighted by atomic mass is 10.1. The number of benzene rings is 1. The summed E-state index contributed by atoms with van der Waals surface area (Å²) in [6.45, 7) is 0.276. The molecule has 2 rings (SSSR count). The molecule has 1 aliphatic heterocycles. The van der Waals surface area contributed by atoms with Crippen molar-refractivity contribution in [2.24, 2.45) is 0 Å². The Hall–Kier alpha value is -1.60. The molecule has 0 aliphatic carbocycles. The molecule has 1 saturated heterocycles. The first kappa shape index (κ1) is 14.8. The Bertz CT molecular complexity index is 535. The van der Waals surface area contributed by atoms with Crippen molar-refractivity contribution in [3.8, 4) is 0 Å². The molecule has 20 heavy (non-hydrogen) atoms. The standard InChI is InChI=1S/C13H15BrN2O4/c14-7-1-3-9(10(15)5-7)12(17)16-6-8-2-4-11(20-8)13(18)19/h1,3,5,8,11H,2,4,6,15H2,(H,16,17)(H,18,19). The van der Waals surface area contributed by atoms with Gasteiger partial charge in [0, 0.05) is 16.7 Å². The molecule has 1 fully saturated rings. The molecule has 7 heteroatoms. The highest BCUT2D eigenvalue weighted by Gasteiger charge is 2.30. The quantitative estimate of drug-likeness (QED) is 0.717. The molecule has 6 nitrogen and oxygen atoms in total. The first-order chi connectivity index (χ1) is 9.47. The second kappa shape index (κ2) is 6.23. The fourth-order valence-electron chi connectivity index (χ4n) is 2.08. The maximum atomic E-state index is 12.0. The summed E-state index contributed by atoms with van der Waals surface area (Å²) in [4.78, 5) is 22.7. The van der Waals surface area contributed by atoms with E-state index in [2.05, 4.69) is 21.2 Å². The van der Waals surface area contributed by atoms with Gasteiger partial charge in [0.25, 0.3) is 5.91 Å². The maximum Gasteiger partial charge on any atom is 0.332 e. The highest BCUT2D eigenvalue weighted by Crippen LogP contribution is 2.20. The van der Waals surface area contributed by atoms with Gasteiger partial charge in [-0.25, -0.2) is 4.79 Å². The predicted octanol–water partition coefficient (Wildman–Crippen LogP) is 1.39. The van der Waals surface area contributed by atoms with Gasteiger partial charge in [-0.15, -0.1) is 0 Å². The molecule has 0 bridgehead atoms. The van der Waals surface area contributed by atoms with Crippen molar-refractivity contribution >= 4 is 33.5 Å². The number of carboxylic acid groups (broad SMARTS) is 1. The number of carbonyl (C=O) groups excluding carboxylic acids is 1. The van der Waals surface area contributed by atoms with Crippen molar-refractivity contribution in [3.63, 3.8) is 0 Å². The molecule has 1 aliphatic rings. The van der Waals surface area contributed by atoms with Crippen molar-refractivity contribution in [1.82, 2.24) is 5.32 Å². The Morgan fingerprint density at radius 2 is 2.20 bits per heavy atom. The average Bonchev–Trinajstić information content (AvgIpc) is 2.85. The summed E-state index contributed by atoms with van der Waals surface area (Å²) in [7, 11) is 0. The molecule has 1 aromatic carbocycles. The molecule has 1 aromatic rings. The minimum absolute atomic E-state index is 0.267. The summed E-state index contributed by atoms with van der Waals surface area (Å²) in [5, 5.41) is 11.5. The monoisotopic (exact) mass is 342 g/mol. The number of ether oxygens (including phenoxy) is 1. The molecule has 0 saturated carbocycles. The smallest absolute Gasteiger partial charge is 0.332 e. The molecule has 1 amide bonds. The SMILES string of the molecule is Nc1cc(Br)ccc1C(=O)NCC1CCC(C(=O)O)O1. The minimum atomic E-state index is -0.962. The van der Waals surface area contributed by atoms with E-state index >= 15 is 0 Å². The first-order valence-electron chi connectivity index (χ1n) is 6.19. The largest absolute Gasteiger partial charge is 0.479 e. The fourth-order valence-corrected chi connectivity index (χ4v) is 2.46. The summed E-state index contributed by atoms with van der Waals surface area (Å²) in [6.07, 6.45) is 0.0509. The van der Waals surface area contributed by atoms with Crippen LogP contribution in [0.4, 0.5) is 5.69 Å². The van der Waals surface area contributed by atoms with Crippen molar-refractivity contribution in [2.45, 2.75) is 25.0 Å². The summed E-state index contributed by atoms with van der Waals surface area (Å²) >= 11 is 3.27. The topological polar surface area (TPSA) is 102 Å². The van der Waals surface area contributed by atoms with Crippen LogP contribution in [0.15, 0.2) is 22.7 Å². The lowest BCUT2D eigenvalue weighted by Crippen LogP contribution is -2.33. The molecule has 108 valence electrons. The van der Waals surface area contributed by atoms with E-state index in [0.29, 0.717) is 24.1 Å². The molecule has 0 spiro atoms. The molecule has 4 N–H and O–H groups in total. The van der Waals surface area contributed by atoms with Crippen molar-refractivity contribution < 1.29 is 19.4 Å². The van der Waals surface area contributed by atoms with E-state index in [0.717, 1.165) is 4.47 Å². The van der Waals surface area contributed by atoms with Gasteiger partial charge in [0.1, 0.15) is 0 Å². The van der Waals surface area contributed by atoms with E-state index in [1.165, 1.54) is 0 Å². The lowest BCUT2D eigenvalue weighted by molar-refractivity contribution is -0.149. The van der Waals surface area contributed by atoms with Crippen LogP contribution in [-0.4, -0.2) is 35.7 Å². The second-order valence-electron chi connectivity index (χ2n) is 4.60. The van der Waals surface area contributed by atoms with E-state index in [1.807, 2.05) is 0 Å². The van der Waals surface area contributed by atoms with Crippen LogP contribution in [0, 0.1) is 0 Å². The van der Waals surface area contributed by atoms with Crippen LogP contribution >= 0.6 is 15.9 Å². The second-order valence-corrected chi connectivity index (χ2v) is 5.52. The maximum absolute atomic E-state index is 12.0. The Balaban J connectivity index is 1.88. The number of nitrogen functional groups attached to an aromatic ring is 1. The van der Waals surface area contributed by atoms with Crippen molar-refractivity contribution in [2.75, 3.05) is 12.3 Å². The fraction of sp³-hybridized carbons (Fsp3) is 0.385. The van der Waals surface area contributed by atoms with Crippen molar-refractivity contribution in [1.29, 1.82) is 0 Å². The van der Waals surface area contributed by atoms with Gasteiger partial charge in [0.05, 0.1) is 11.7 Å². The third-order valence-corrected chi connectivity index (χ3v) is 3.62. The normalized spacial score (nSPS) is 21.6. The third kappa shape index (κ3) is 3.49. The zero-order valence-corrected chi connectivity index (χ0v) is 12.2. The van der Waals surface area contributed by atoms with Gasteiger partial charge < -0.3 is 20.9 Å². The van der Waals surface area contributed by atoms with Crippen LogP contribution in [0.25, 0.3) is 0 Å². The van der Waals surface area contributed by atoms with Gasteiger partial charge in [0.15, 0.2) is 6.10 Å². The first-order valence-corrected chi connectivity index (χ1v) is 6.98. The molecule has 2 atom stereocenters. The summed E-state index contributed by atoms with van der Waals surface area (Å²) < 4.78 is 6.11. The van der Waals surface area contributed by atoms with Gasteiger partial charge in [-0.3, -0.25) is 4.79 Å². The number of carboxylic acids is 1. The summed E-state index contributed by atoms with van der Waals surface area (Å²) in [5.74, 6) is -1.26. The number of hydrogen-bond donors (Lipinski definition) is 3. The van der Waals surface area contributed by atoms with E-state index in [4.69, 9.17) is 15.6 Å². The molecule has 1 heterocycles. The zero-order chi connectivity index (χ0) is 14.7. The predicted molar refractivity (Wildman–Crippen MR) is 76.4 cm³/mol. The molecule has 0 radical (unpaired) electrons. The number of halogens is 1. The number of anilines is 1. The zero-order valence-electron chi connectivity index (χ0n) is 10.6. The van der Waals surface area contributed by atoms with E-state index in [1.54, 1.807) is 18.2 Å². The number of rotatable bonds is 4. The number of hydrogen-bond acceptors (Lipinski definition) is 4. The van der Waals surface area contributed by atoms with E-state index < -0.39 is 12.1 Å². The minimum Gasteiger partial charge on any atom is -0.479 e. The number of aliphatic carboxylic acids is 1. The van der Waals surface area contributed by atoms with Crippen LogP contribution in [0.2, 0.25) is 0 Å². The third-order valence-electron chi connectivity index (χ3n) is 3.13. The number of nitrogens with two attached hydrogens (primary N) is 1. The van der Waals surface area contributed by atoms with Gasteiger partial charge >= 0.3 is 5.97 Å². The van der Waals surface area contributed by atoms with Crippen LogP contribution in [0.1, 0.15) is 23.2 Å². The van der Waals surface area contributed by atoms with E-state index in [-0.39, 0.29) is 18.6 Å². The number of carbonyl (C=O) groups is 2. The number of nitrogens with one attached hydrogen (secondary N) is 1. The van der Waals surface area contributed by atoms with Crippen molar-refractivity contribution in [3.05, 3.63) is 28.2 Å². The van der Waals surface area contributed by atoms with Crippen LogP contribution < -0.4 is 11.1 Å². The molecule has 2 unspecified atom stereocenters. The highest BCUT2D eigenvalue weighted by molar-refractivity contribution is 9.10. The molecular formula is C13H15BrN2O4. The summed E-state index contributed by atoms with van der Waals surface area (Å²) in [6, 6.07) is 5.02. The Kier molecular flexibility index (Phi) is 4.61. The Labute approximate surface area is 124 Å². The highest BCUT2D eigenvalue weighted by atomic mass is 79.9. The van der Waals surface area contributed by atoms with Gasteiger partial charge in [0.2, 0.25) is 0 Å². The summed E-state index contributed by atoms with van der Waals surface area (Å²) in [5.41, 5.74) is 6.54. The van der Waals surface area contributed by atoms with E-state index in [9.17, 15) is 9.59 Å². The Morgan fingerprint density at radius 1 is 1.45 bits per heavy atom. The van der Waals surface area contributed by atoms with Gasteiger partial charge in [-0.05, 0) is 31.0 Å². The van der Waals surface area contributed by atoms with Crippen LogP contribution in [0.5, 0.6) is 0 Å². The average molecular weight is 343 g/mol. The molecular weight excluding hydrogens is 328 g/mol. The molecule has 0 aromatic heterocycles. The van der Waals surface area contributed by atoms with Gasteiger partial charge in [-0.1, -0.05) is 15.9 Å². The van der Waals surface area contributed by atoms with Crippen LogP contribution in [-0.2, 0) is 9.53 Å². The number of amides is 1. The Morgan fingerprint density at radius 3 is 2.80 bits per heavy atom. The lowest BCUT2D eigenvalue weighted by Gasteiger charge is -2.13. The van der Waals surface area contributed by atoms with Crippen LogP contribution in [0.3, 0.4) is 0 Å². The van der Waals surface area contributed by atoms with Gasteiger partial charge in [-0.2, -0.15) is 0 Å².